The molecule has 0 bridgehead atoms. The van der Waals surface area contributed by atoms with Gasteiger partial charge in [0.05, 0.1) is 0 Å². The lowest BCUT2D eigenvalue weighted by atomic mass is 9.83. The van der Waals surface area contributed by atoms with Gasteiger partial charge in [-0.3, -0.25) is 0 Å². The summed E-state index contributed by atoms with van der Waals surface area (Å²) in [5.74, 6) is 2.03. The van der Waals surface area contributed by atoms with Gasteiger partial charge in [-0.15, -0.1) is 0 Å². The lowest BCUT2D eigenvalue weighted by Crippen LogP contribution is -2.09. The van der Waals surface area contributed by atoms with Gasteiger partial charge in [0.15, 0.2) is 0 Å². The van der Waals surface area contributed by atoms with Crippen molar-refractivity contribution in [2.45, 2.75) is 118 Å². The van der Waals surface area contributed by atoms with Gasteiger partial charge >= 0.3 is 0 Å². The minimum absolute atomic E-state index is 1.01. The molecule has 0 saturated carbocycles. The van der Waals surface area contributed by atoms with Crippen LogP contribution < -0.4 is 0 Å². The third-order valence-electron chi connectivity index (χ3n) is 4.87. The molecule has 0 rings (SSSR count). The predicted molar refractivity (Wildman–Crippen MR) is 94.3 cm³/mol. The van der Waals surface area contributed by atoms with Crippen LogP contribution in [0.1, 0.15) is 118 Å². The van der Waals surface area contributed by atoms with E-state index in [4.69, 9.17) is 0 Å². The molecule has 0 saturated heterocycles. The first-order valence-electron chi connectivity index (χ1n) is 9.78. The second kappa shape index (κ2) is 15.4. The minimum atomic E-state index is 1.01. The average Bonchev–Trinajstić information content (AvgIpc) is 2.46. The Balaban J connectivity index is 3.89. The highest BCUT2D eigenvalue weighted by molar-refractivity contribution is 4.67. The monoisotopic (exact) mass is 282 g/mol. The van der Waals surface area contributed by atoms with Gasteiger partial charge in [-0.2, -0.15) is 0 Å². The van der Waals surface area contributed by atoms with E-state index < -0.39 is 0 Å². The Morgan fingerprint density at radius 2 is 1.05 bits per heavy atom. The maximum Gasteiger partial charge on any atom is -0.0412 e. The molecule has 0 N–H and O–H groups in total. The molecule has 2 atom stereocenters. The van der Waals surface area contributed by atoms with Crippen molar-refractivity contribution >= 4 is 0 Å². The Labute approximate surface area is 130 Å². The highest BCUT2D eigenvalue weighted by Gasteiger charge is 2.14. The van der Waals surface area contributed by atoms with Crippen LogP contribution in [0.4, 0.5) is 0 Å². The zero-order chi connectivity index (χ0) is 15.1. The molecule has 0 aliphatic carbocycles. The van der Waals surface area contributed by atoms with Gasteiger partial charge in [0.1, 0.15) is 0 Å². The summed E-state index contributed by atoms with van der Waals surface area (Å²) in [5.41, 5.74) is 0. The van der Waals surface area contributed by atoms with E-state index in [-0.39, 0.29) is 0 Å². The van der Waals surface area contributed by atoms with Crippen LogP contribution in [-0.2, 0) is 0 Å². The number of unbranched alkanes of at least 4 members (excludes halogenated alkanes) is 6. The second-order valence-corrected chi connectivity index (χ2v) is 6.86. The molecule has 0 aliphatic heterocycles. The maximum absolute atomic E-state index is 2.40. The first kappa shape index (κ1) is 20.0. The largest absolute Gasteiger partial charge is 0.0654 e. The molecule has 0 radical (unpaired) electrons. The molecule has 0 nitrogen and oxygen atoms in total. The Kier molecular flexibility index (Phi) is 15.4. The highest BCUT2D eigenvalue weighted by atomic mass is 14.2. The first-order chi connectivity index (χ1) is 9.78. The molecule has 0 heterocycles. The Morgan fingerprint density at radius 3 is 1.65 bits per heavy atom. The van der Waals surface area contributed by atoms with Crippen molar-refractivity contribution < 1.29 is 0 Å². The van der Waals surface area contributed by atoms with Crippen molar-refractivity contribution in [3.63, 3.8) is 0 Å². The molecule has 0 amide bonds. The van der Waals surface area contributed by atoms with Crippen LogP contribution in [0, 0.1) is 11.8 Å². The molecule has 122 valence electrons. The van der Waals surface area contributed by atoms with Gasteiger partial charge in [0, 0.05) is 0 Å². The standard InChI is InChI=1S/C20H42/c1-5-9-11-12-14-17-20(15-7-3)18-19(8-4)16-13-10-6-2/h19-20H,5-18H2,1-4H3. The summed E-state index contributed by atoms with van der Waals surface area (Å²) in [6.07, 6.45) is 20.2. The summed E-state index contributed by atoms with van der Waals surface area (Å²) >= 11 is 0. The summed E-state index contributed by atoms with van der Waals surface area (Å²) in [7, 11) is 0. The topological polar surface area (TPSA) is 0 Å². The van der Waals surface area contributed by atoms with Crippen molar-refractivity contribution in [3.05, 3.63) is 0 Å². The Morgan fingerprint density at radius 1 is 0.500 bits per heavy atom. The van der Waals surface area contributed by atoms with Crippen molar-refractivity contribution in [1.82, 2.24) is 0 Å². The number of hydrogen-bond donors (Lipinski definition) is 0. The van der Waals surface area contributed by atoms with E-state index in [1.54, 1.807) is 0 Å². The smallest absolute Gasteiger partial charge is 0.0412 e. The van der Waals surface area contributed by atoms with E-state index >= 15 is 0 Å². The summed E-state index contributed by atoms with van der Waals surface area (Å²) in [5, 5.41) is 0. The third kappa shape index (κ3) is 11.8. The molecule has 0 spiro atoms. The summed E-state index contributed by atoms with van der Waals surface area (Å²) in [6, 6.07) is 0. The van der Waals surface area contributed by atoms with E-state index in [0.29, 0.717) is 0 Å². The SMILES string of the molecule is CCCCCCCC(CCC)CC(CC)CCCCC. The fourth-order valence-electron chi connectivity index (χ4n) is 3.47. The molecular formula is C20H42. The van der Waals surface area contributed by atoms with E-state index in [2.05, 4.69) is 27.7 Å². The van der Waals surface area contributed by atoms with Crippen LogP contribution >= 0.6 is 0 Å². The van der Waals surface area contributed by atoms with Gasteiger partial charge in [-0.05, 0) is 18.3 Å². The van der Waals surface area contributed by atoms with Crippen molar-refractivity contribution in [2.75, 3.05) is 0 Å². The molecule has 0 heteroatoms. The summed E-state index contributed by atoms with van der Waals surface area (Å²) < 4.78 is 0. The lowest BCUT2D eigenvalue weighted by molar-refractivity contribution is 0.299. The summed E-state index contributed by atoms with van der Waals surface area (Å²) in [6.45, 7) is 9.39. The zero-order valence-corrected chi connectivity index (χ0v) is 15.1. The fraction of sp³-hybridized carbons (Fsp3) is 1.00. The molecule has 20 heavy (non-hydrogen) atoms. The van der Waals surface area contributed by atoms with E-state index in [9.17, 15) is 0 Å². The minimum Gasteiger partial charge on any atom is -0.0654 e. The molecule has 0 aromatic carbocycles. The predicted octanol–water partition coefficient (Wildman–Crippen LogP) is 7.76. The average molecular weight is 283 g/mol. The van der Waals surface area contributed by atoms with Crippen LogP contribution in [0.25, 0.3) is 0 Å². The number of rotatable bonds is 15. The quantitative estimate of drug-likeness (QED) is 0.269. The normalized spacial score (nSPS) is 14.4. The van der Waals surface area contributed by atoms with Crippen LogP contribution in [0.3, 0.4) is 0 Å². The molecular weight excluding hydrogens is 240 g/mol. The maximum atomic E-state index is 2.40. The summed E-state index contributed by atoms with van der Waals surface area (Å²) in [4.78, 5) is 0. The van der Waals surface area contributed by atoms with E-state index in [0.717, 1.165) is 11.8 Å². The van der Waals surface area contributed by atoms with Crippen molar-refractivity contribution in [3.8, 4) is 0 Å². The van der Waals surface area contributed by atoms with Gasteiger partial charge in [-0.1, -0.05) is 111 Å². The van der Waals surface area contributed by atoms with Gasteiger partial charge in [0.25, 0.3) is 0 Å². The molecule has 0 aromatic rings. The molecule has 0 aromatic heterocycles. The Bertz CT molecular complexity index is 173. The first-order valence-corrected chi connectivity index (χ1v) is 9.78. The highest BCUT2D eigenvalue weighted by Crippen LogP contribution is 2.28. The molecule has 2 unspecified atom stereocenters. The third-order valence-corrected chi connectivity index (χ3v) is 4.87. The van der Waals surface area contributed by atoms with Crippen molar-refractivity contribution in [2.24, 2.45) is 11.8 Å². The Hall–Kier alpha value is 0. The number of hydrogen-bond acceptors (Lipinski definition) is 0. The van der Waals surface area contributed by atoms with Gasteiger partial charge in [0.2, 0.25) is 0 Å². The molecule has 0 aliphatic rings. The van der Waals surface area contributed by atoms with Gasteiger partial charge in [-0.25, -0.2) is 0 Å². The zero-order valence-electron chi connectivity index (χ0n) is 15.1. The van der Waals surface area contributed by atoms with Crippen LogP contribution in [0.2, 0.25) is 0 Å². The second-order valence-electron chi connectivity index (χ2n) is 6.86. The fourth-order valence-corrected chi connectivity index (χ4v) is 3.47. The lowest BCUT2D eigenvalue weighted by Gasteiger charge is -2.22. The van der Waals surface area contributed by atoms with E-state index in [1.807, 2.05) is 0 Å². The van der Waals surface area contributed by atoms with Crippen LogP contribution in [-0.4, -0.2) is 0 Å². The van der Waals surface area contributed by atoms with Crippen molar-refractivity contribution in [1.29, 1.82) is 0 Å². The molecule has 0 fully saturated rings. The van der Waals surface area contributed by atoms with Crippen LogP contribution in [0.5, 0.6) is 0 Å². The van der Waals surface area contributed by atoms with Gasteiger partial charge < -0.3 is 0 Å². The van der Waals surface area contributed by atoms with E-state index in [1.165, 1.54) is 89.9 Å². The van der Waals surface area contributed by atoms with Crippen LogP contribution in [0.15, 0.2) is 0 Å².